The monoisotopic (exact) mass is 488 g/mol. The molecule has 0 bridgehead atoms. The summed E-state index contributed by atoms with van der Waals surface area (Å²) in [6, 6.07) is 11.3. The molecule has 0 unspecified atom stereocenters. The first-order valence-corrected chi connectivity index (χ1v) is 10.1. The molecule has 1 heterocycles. The quantitative estimate of drug-likeness (QED) is 0.229. The maximum Gasteiger partial charge on any atom is 0.191 e. The van der Waals surface area contributed by atoms with E-state index >= 15 is 0 Å². The summed E-state index contributed by atoms with van der Waals surface area (Å²) in [6.45, 7) is 8.10. The van der Waals surface area contributed by atoms with E-state index in [2.05, 4.69) is 52.8 Å². The summed E-state index contributed by atoms with van der Waals surface area (Å²) in [5.41, 5.74) is 1.40. The van der Waals surface area contributed by atoms with Crippen LogP contribution in [0.4, 0.5) is 0 Å². The number of benzene rings is 1. The van der Waals surface area contributed by atoms with Crippen LogP contribution >= 0.6 is 24.0 Å². The van der Waals surface area contributed by atoms with Crippen molar-refractivity contribution in [3.63, 3.8) is 0 Å². The summed E-state index contributed by atoms with van der Waals surface area (Å²) in [6.07, 6.45) is 5.76. The maximum atomic E-state index is 5.09. The summed E-state index contributed by atoms with van der Waals surface area (Å²) in [7, 11) is 1.76. The number of rotatable bonds is 10. The minimum Gasteiger partial charge on any atom is -0.385 e. The van der Waals surface area contributed by atoms with Gasteiger partial charge in [0.25, 0.3) is 0 Å². The van der Waals surface area contributed by atoms with Gasteiger partial charge >= 0.3 is 0 Å². The van der Waals surface area contributed by atoms with Gasteiger partial charge in [0.15, 0.2) is 5.96 Å². The van der Waals surface area contributed by atoms with E-state index in [0.29, 0.717) is 6.04 Å². The molecule has 1 aliphatic heterocycles. The Morgan fingerprint density at radius 1 is 1.15 bits per heavy atom. The molecule has 5 nitrogen and oxygen atoms in total. The summed E-state index contributed by atoms with van der Waals surface area (Å²) in [4.78, 5) is 7.28. The molecule has 0 atom stereocenters. The van der Waals surface area contributed by atoms with E-state index in [1.807, 2.05) is 0 Å². The van der Waals surface area contributed by atoms with Crippen LogP contribution in [0.15, 0.2) is 35.3 Å². The third-order valence-corrected chi connectivity index (χ3v) is 4.80. The number of guanidine groups is 1. The number of hydrogen-bond acceptors (Lipinski definition) is 3. The number of methoxy groups -OCH3 is 1. The van der Waals surface area contributed by atoms with Crippen LogP contribution in [0.1, 0.15) is 44.6 Å². The molecule has 154 valence electrons. The molecule has 1 aromatic carbocycles. The summed E-state index contributed by atoms with van der Waals surface area (Å²) < 4.78 is 5.09. The molecule has 0 aromatic heterocycles. The summed E-state index contributed by atoms with van der Waals surface area (Å²) in [5, 5.41) is 7.01. The van der Waals surface area contributed by atoms with Crippen LogP contribution in [-0.4, -0.2) is 56.8 Å². The smallest absolute Gasteiger partial charge is 0.191 e. The standard InChI is InChI=1S/C21H36N4O.HI/c1-3-22-21(23-14-8-5-9-17-26-2)24-20-12-15-25(16-13-20)18-19-10-6-4-7-11-19;/h4,6-7,10-11,20H,3,5,8-9,12-18H2,1-2H3,(H2,22,23,24);1H. The number of aliphatic imine (C=N–C) groups is 1. The van der Waals surface area contributed by atoms with Crippen LogP contribution in [0.25, 0.3) is 0 Å². The highest BCUT2D eigenvalue weighted by Crippen LogP contribution is 2.13. The van der Waals surface area contributed by atoms with Gasteiger partial charge in [-0.3, -0.25) is 9.89 Å². The Bertz CT molecular complexity index is 504. The van der Waals surface area contributed by atoms with E-state index in [4.69, 9.17) is 9.73 Å². The largest absolute Gasteiger partial charge is 0.385 e. The number of hydrogen-bond donors (Lipinski definition) is 2. The van der Waals surface area contributed by atoms with Crippen LogP contribution in [0.3, 0.4) is 0 Å². The predicted molar refractivity (Wildman–Crippen MR) is 125 cm³/mol. The first-order chi connectivity index (χ1) is 12.8. The van der Waals surface area contributed by atoms with Crippen LogP contribution < -0.4 is 10.6 Å². The van der Waals surface area contributed by atoms with Crippen molar-refractivity contribution in [3.8, 4) is 0 Å². The first-order valence-electron chi connectivity index (χ1n) is 10.1. The number of nitrogens with zero attached hydrogens (tertiary/aromatic N) is 2. The molecule has 1 fully saturated rings. The number of likely N-dealkylation sites (tertiary alicyclic amines) is 1. The van der Waals surface area contributed by atoms with Crippen molar-refractivity contribution in [1.82, 2.24) is 15.5 Å². The Hall–Kier alpha value is -0.860. The normalized spacial score (nSPS) is 16.0. The third-order valence-electron chi connectivity index (χ3n) is 4.80. The number of ether oxygens (including phenoxy) is 1. The predicted octanol–water partition coefficient (Wildman–Crippen LogP) is 3.64. The fraction of sp³-hybridized carbons (Fsp3) is 0.667. The van der Waals surface area contributed by atoms with Gasteiger partial charge in [-0.2, -0.15) is 0 Å². The lowest BCUT2D eigenvalue weighted by Gasteiger charge is -2.33. The molecule has 0 aliphatic carbocycles. The van der Waals surface area contributed by atoms with E-state index in [0.717, 1.165) is 58.1 Å². The summed E-state index contributed by atoms with van der Waals surface area (Å²) in [5.74, 6) is 0.973. The Labute approximate surface area is 182 Å². The molecule has 27 heavy (non-hydrogen) atoms. The Morgan fingerprint density at radius 2 is 1.89 bits per heavy atom. The fourth-order valence-electron chi connectivity index (χ4n) is 3.32. The van der Waals surface area contributed by atoms with Gasteiger partial charge in [-0.15, -0.1) is 24.0 Å². The maximum absolute atomic E-state index is 5.09. The van der Waals surface area contributed by atoms with E-state index in [1.54, 1.807) is 7.11 Å². The van der Waals surface area contributed by atoms with Crippen LogP contribution in [-0.2, 0) is 11.3 Å². The van der Waals surface area contributed by atoms with Crippen molar-refractivity contribution in [3.05, 3.63) is 35.9 Å². The average Bonchev–Trinajstić information content (AvgIpc) is 2.67. The van der Waals surface area contributed by atoms with Crippen LogP contribution in [0, 0.1) is 0 Å². The number of halogens is 1. The van der Waals surface area contributed by atoms with Gasteiger partial charge in [-0.1, -0.05) is 30.3 Å². The molecule has 6 heteroatoms. The fourth-order valence-corrected chi connectivity index (χ4v) is 3.32. The molecule has 0 amide bonds. The molecule has 2 N–H and O–H groups in total. The molecular weight excluding hydrogens is 451 g/mol. The Morgan fingerprint density at radius 3 is 2.56 bits per heavy atom. The lowest BCUT2D eigenvalue weighted by atomic mass is 10.0. The minimum absolute atomic E-state index is 0. The van der Waals surface area contributed by atoms with Crippen molar-refractivity contribution in [2.45, 2.75) is 51.6 Å². The van der Waals surface area contributed by atoms with Crippen molar-refractivity contribution in [2.24, 2.45) is 4.99 Å². The highest BCUT2D eigenvalue weighted by atomic mass is 127. The van der Waals surface area contributed by atoms with Gasteiger partial charge in [-0.05, 0) is 44.6 Å². The van der Waals surface area contributed by atoms with Gasteiger partial charge < -0.3 is 15.4 Å². The zero-order chi connectivity index (χ0) is 18.5. The molecule has 1 aliphatic rings. The zero-order valence-corrected chi connectivity index (χ0v) is 19.3. The number of unbranched alkanes of at least 4 members (excludes halogenated alkanes) is 2. The third kappa shape index (κ3) is 10.3. The van der Waals surface area contributed by atoms with Crippen molar-refractivity contribution in [1.29, 1.82) is 0 Å². The first kappa shape index (κ1) is 24.2. The minimum atomic E-state index is 0. The van der Waals surface area contributed by atoms with Crippen molar-refractivity contribution in [2.75, 3.05) is 39.9 Å². The van der Waals surface area contributed by atoms with Gasteiger partial charge in [-0.25, -0.2) is 0 Å². The number of piperidine rings is 1. The highest BCUT2D eigenvalue weighted by Gasteiger charge is 2.19. The van der Waals surface area contributed by atoms with Crippen LogP contribution in [0.2, 0.25) is 0 Å². The molecular formula is C21H37IN4O. The van der Waals surface area contributed by atoms with Crippen molar-refractivity contribution < 1.29 is 4.74 Å². The Kier molecular flexibility index (Phi) is 13.5. The summed E-state index contributed by atoms with van der Waals surface area (Å²) >= 11 is 0. The zero-order valence-electron chi connectivity index (χ0n) is 17.0. The number of nitrogens with one attached hydrogen (secondary N) is 2. The van der Waals surface area contributed by atoms with Gasteiger partial charge in [0, 0.05) is 52.5 Å². The second-order valence-electron chi connectivity index (χ2n) is 6.99. The van der Waals surface area contributed by atoms with Crippen LogP contribution in [0.5, 0.6) is 0 Å². The Balaban J connectivity index is 0.00000364. The topological polar surface area (TPSA) is 48.9 Å². The van der Waals surface area contributed by atoms with E-state index in [9.17, 15) is 0 Å². The van der Waals surface area contributed by atoms with E-state index in [1.165, 1.54) is 24.8 Å². The lowest BCUT2D eigenvalue weighted by Crippen LogP contribution is -2.48. The molecule has 1 aromatic rings. The lowest BCUT2D eigenvalue weighted by molar-refractivity contribution is 0.192. The van der Waals surface area contributed by atoms with E-state index < -0.39 is 0 Å². The molecule has 2 rings (SSSR count). The van der Waals surface area contributed by atoms with E-state index in [-0.39, 0.29) is 24.0 Å². The van der Waals surface area contributed by atoms with Gasteiger partial charge in [0.05, 0.1) is 0 Å². The van der Waals surface area contributed by atoms with Gasteiger partial charge in [0.1, 0.15) is 0 Å². The molecule has 0 saturated carbocycles. The van der Waals surface area contributed by atoms with Gasteiger partial charge in [0.2, 0.25) is 0 Å². The second kappa shape index (κ2) is 15.1. The van der Waals surface area contributed by atoms with Crippen molar-refractivity contribution >= 4 is 29.9 Å². The molecule has 0 spiro atoms. The second-order valence-corrected chi connectivity index (χ2v) is 6.99. The highest BCUT2D eigenvalue weighted by molar-refractivity contribution is 14.0. The molecule has 1 saturated heterocycles. The average molecular weight is 488 g/mol. The SMILES string of the molecule is CCNC(=NCCCCCOC)NC1CCN(Cc2ccccc2)CC1.I. The molecule has 0 radical (unpaired) electrons.